The second-order valence-corrected chi connectivity index (χ2v) is 6.55. The Kier molecular flexibility index (Phi) is 4.86. The van der Waals surface area contributed by atoms with Crippen LogP contribution in [0.4, 0.5) is 5.69 Å². The molecule has 5 heteroatoms. The number of aryl methyl sites for hydroxylation is 1. The molecule has 0 heterocycles. The van der Waals surface area contributed by atoms with Crippen molar-refractivity contribution in [3.05, 3.63) is 76.4 Å². The van der Waals surface area contributed by atoms with Crippen molar-refractivity contribution < 1.29 is 19.2 Å². The second kappa shape index (κ2) is 7.11. The Labute approximate surface area is 157 Å². The van der Waals surface area contributed by atoms with Gasteiger partial charge in [0.1, 0.15) is 0 Å². The van der Waals surface area contributed by atoms with Gasteiger partial charge in [0.15, 0.2) is 17.3 Å². The fraction of sp³-hybridized carbons (Fsp3) is 0.182. The number of rotatable bonds is 4. The van der Waals surface area contributed by atoms with E-state index in [0.717, 1.165) is 5.56 Å². The van der Waals surface area contributed by atoms with Crippen LogP contribution in [-0.4, -0.2) is 29.8 Å². The van der Waals surface area contributed by atoms with Crippen molar-refractivity contribution in [1.29, 1.82) is 0 Å². The molecule has 27 heavy (non-hydrogen) atoms. The third-order valence-corrected chi connectivity index (χ3v) is 4.61. The minimum Gasteiger partial charge on any atom is -0.308 e. The van der Waals surface area contributed by atoms with Crippen LogP contribution in [0.1, 0.15) is 40.1 Å². The fourth-order valence-electron chi connectivity index (χ4n) is 3.22. The molecule has 136 valence electrons. The number of nitrogens with zero attached hydrogens (tertiary/aromatic N) is 1. The predicted octanol–water partition coefficient (Wildman–Crippen LogP) is 3.31. The van der Waals surface area contributed by atoms with Crippen LogP contribution in [-0.2, 0) is 9.59 Å². The molecule has 1 amide bonds. The standard InChI is InChI=1S/C22H19NO4/c1-13-8-10-16(11-9-13)23(15(3)25)12-19-20(14(2)24)22(27)18-7-5-4-6-17(18)21(19)26/h4-11H,12H2,1-3H3. The lowest BCUT2D eigenvalue weighted by Crippen LogP contribution is -2.36. The van der Waals surface area contributed by atoms with Crippen LogP contribution in [0, 0.1) is 6.92 Å². The lowest BCUT2D eigenvalue weighted by Gasteiger charge is -2.26. The molecule has 5 nitrogen and oxygen atoms in total. The van der Waals surface area contributed by atoms with E-state index in [1.54, 1.807) is 30.3 Å². The van der Waals surface area contributed by atoms with Gasteiger partial charge in [0.25, 0.3) is 0 Å². The van der Waals surface area contributed by atoms with Gasteiger partial charge in [-0.05, 0) is 26.0 Å². The average molecular weight is 361 g/mol. The van der Waals surface area contributed by atoms with Gasteiger partial charge in [-0.2, -0.15) is 0 Å². The first kappa shape index (κ1) is 18.5. The SMILES string of the molecule is CC(=O)C1=C(CN(C(C)=O)c2ccc(C)cc2)C(=O)c2ccccc2C1=O. The molecule has 1 aliphatic rings. The maximum atomic E-state index is 13.0. The Balaban J connectivity index is 2.11. The Morgan fingerprint density at radius 2 is 1.41 bits per heavy atom. The van der Waals surface area contributed by atoms with Crippen LogP contribution < -0.4 is 4.90 Å². The third-order valence-electron chi connectivity index (χ3n) is 4.61. The zero-order valence-corrected chi connectivity index (χ0v) is 15.4. The Morgan fingerprint density at radius 3 is 1.93 bits per heavy atom. The van der Waals surface area contributed by atoms with Crippen LogP contribution in [0.25, 0.3) is 0 Å². The molecule has 0 saturated carbocycles. The molecule has 0 unspecified atom stereocenters. The van der Waals surface area contributed by atoms with Crippen LogP contribution in [0.15, 0.2) is 59.7 Å². The van der Waals surface area contributed by atoms with Crippen molar-refractivity contribution >= 4 is 28.9 Å². The first-order valence-electron chi connectivity index (χ1n) is 8.58. The molecule has 0 radical (unpaired) electrons. The highest BCUT2D eigenvalue weighted by Gasteiger charge is 2.35. The number of fused-ring (bicyclic) bond motifs is 1. The molecular formula is C22H19NO4. The van der Waals surface area contributed by atoms with E-state index in [9.17, 15) is 19.2 Å². The summed E-state index contributed by atoms with van der Waals surface area (Å²) in [4.78, 5) is 51.6. The van der Waals surface area contributed by atoms with Crippen molar-refractivity contribution in [1.82, 2.24) is 0 Å². The number of anilines is 1. The van der Waals surface area contributed by atoms with E-state index < -0.39 is 17.3 Å². The van der Waals surface area contributed by atoms with Crippen LogP contribution >= 0.6 is 0 Å². The monoisotopic (exact) mass is 361 g/mol. The number of hydrogen-bond donors (Lipinski definition) is 0. The molecule has 0 N–H and O–H groups in total. The van der Waals surface area contributed by atoms with Crippen molar-refractivity contribution in [2.75, 3.05) is 11.4 Å². The summed E-state index contributed by atoms with van der Waals surface area (Å²) in [6.07, 6.45) is 0. The van der Waals surface area contributed by atoms with E-state index in [1.165, 1.54) is 24.8 Å². The third kappa shape index (κ3) is 3.36. The second-order valence-electron chi connectivity index (χ2n) is 6.55. The summed E-state index contributed by atoms with van der Waals surface area (Å²) >= 11 is 0. The Morgan fingerprint density at radius 1 is 0.852 bits per heavy atom. The molecule has 0 spiro atoms. The van der Waals surface area contributed by atoms with Crippen molar-refractivity contribution in [2.24, 2.45) is 0 Å². The number of allylic oxidation sites excluding steroid dienone is 1. The maximum Gasteiger partial charge on any atom is 0.224 e. The minimum absolute atomic E-state index is 0.0574. The number of Topliss-reactive ketones (excluding diaryl/α,β-unsaturated/α-hetero) is 3. The largest absolute Gasteiger partial charge is 0.308 e. The summed E-state index contributed by atoms with van der Waals surface area (Å²) < 4.78 is 0. The van der Waals surface area contributed by atoms with Gasteiger partial charge in [-0.1, -0.05) is 42.0 Å². The molecule has 0 atom stereocenters. The number of carbonyl (C=O) groups is 4. The van der Waals surface area contributed by atoms with Gasteiger partial charge in [-0.3, -0.25) is 19.2 Å². The minimum atomic E-state index is -0.481. The van der Waals surface area contributed by atoms with Gasteiger partial charge in [0, 0.05) is 29.3 Å². The van der Waals surface area contributed by atoms with Gasteiger partial charge in [0.05, 0.1) is 12.1 Å². The number of ketones is 3. The van der Waals surface area contributed by atoms with E-state index >= 15 is 0 Å². The highest BCUT2D eigenvalue weighted by Crippen LogP contribution is 2.29. The molecule has 0 fully saturated rings. The maximum absolute atomic E-state index is 13.0. The average Bonchev–Trinajstić information content (AvgIpc) is 2.63. The van der Waals surface area contributed by atoms with Crippen LogP contribution in [0.5, 0.6) is 0 Å². The highest BCUT2D eigenvalue weighted by atomic mass is 16.2. The topological polar surface area (TPSA) is 71.5 Å². The first-order valence-corrected chi connectivity index (χ1v) is 8.58. The van der Waals surface area contributed by atoms with Gasteiger partial charge in [0.2, 0.25) is 5.91 Å². The molecule has 3 rings (SSSR count). The summed E-state index contributed by atoms with van der Waals surface area (Å²) in [5.41, 5.74) is 2.03. The summed E-state index contributed by atoms with van der Waals surface area (Å²) in [5, 5.41) is 0. The predicted molar refractivity (Wildman–Crippen MR) is 102 cm³/mol. The summed E-state index contributed by atoms with van der Waals surface area (Å²) in [6, 6.07) is 13.7. The lowest BCUT2D eigenvalue weighted by atomic mass is 9.82. The zero-order valence-electron chi connectivity index (χ0n) is 15.4. The summed E-state index contributed by atoms with van der Waals surface area (Å²) in [7, 11) is 0. The molecule has 0 aliphatic heterocycles. The first-order chi connectivity index (χ1) is 12.8. The van der Waals surface area contributed by atoms with Gasteiger partial charge in [-0.25, -0.2) is 0 Å². The summed E-state index contributed by atoms with van der Waals surface area (Å²) in [6.45, 7) is 4.44. The fourth-order valence-corrected chi connectivity index (χ4v) is 3.22. The zero-order chi connectivity index (χ0) is 19.7. The Hall–Kier alpha value is -3.34. The molecule has 0 bridgehead atoms. The van der Waals surface area contributed by atoms with Gasteiger partial charge < -0.3 is 4.90 Å². The summed E-state index contributed by atoms with van der Waals surface area (Å²) in [5.74, 6) is -1.63. The Bertz CT molecular complexity index is 999. The molecule has 0 saturated heterocycles. The molecular weight excluding hydrogens is 342 g/mol. The van der Waals surface area contributed by atoms with E-state index in [4.69, 9.17) is 0 Å². The lowest BCUT2D eigenvalue weighted by molar-refractivity contribution is -0.116. The van der Waals surface area contributed by atoms with E-state index in [2.05, 4.69) is 0 Å². The number of benzene rings is 2. The van der Waals surface area contributed by atoms with Gasteiger partial charge >= 0.3 is 0 Å². The number of hydrogen-bond acceptors (Lipinski definition) is 4. The molecule has 0 aromatic heterocycles. The molecule has 2 aromatic carbocycles. The molecule has 2 aromatic rings. The van der Waals surface area contributed by atoms with Crippen molar-refractivity contribution in [3.63, 3.8) is 0 Å². The normalized spacial score (nSPS) is 13.4. The van der Waals surface area contributed by atoms with Crippen molar-refractivity contribution in [2.45, 2.75) is 20.8 Å². The van der Waals surface area contributed by atoms with E-state index in [0.29, 0.717) is 5.69 Å². The smallest absolute Gasteiger partial charge is 0.224 e. The van der Waals surface area contributed by atoms with E-state index in [-0.39, 0.29) is 34.7 Å². The van der Waals surface area contributed by atoms with Crippen LogP contribution in [0.3, 0.4) is 0 Å². The number of amides is 1. The highest BCUT2D eigenvalue weighted by molar-refractivity contribution is 6.36. The van der Waals surface area contributed by atoms with Crippen LogP contribution in [0.2, 0.25) is 0 Å². The van der Waals surface area contributed by atoms with Crippen molar-refractivity contribution in [3.8, 4) is 0 Å². The van der Waals surface area contributed by atoms with E-state index in [1.807, 2.05) is 19.1 Å². The number of carbonyl (C=O) groups excluding carboxylic acids is 4. The quantitative estimate of drug-likeness (QED) is 0.783. The van der Waals surface area contributed by atoms with Gasteiger partial charge in [-0.15, -0.1) is 0 Å². The molecule has 1 aliphatic carbocycles.